The van der Waals surface area contributed by atoms with Gasteiger partial charge in [-0.2, -0.15) is 0 Å². The maximum absolute atomic E-state index is 10.7. The molecule has 0 radical (unpaired) electrons. The molecule has 7 nitrogen and oxygen atoms in total. The summed E-state index contributed by atoms with van der Waals surface area (Å²) in [5, 5.41) is 16.3. The molecule has 0 unspecified atom stereocenters. The number of esters is 1. The lowest BCUT2D eigenvalue weighted by atomic mass is 9.98. The van der Waals surface area contributed by atoms with Gasteiger partial charge in [-0.25, -0.2) is 4.79 Å². The van der Waals surface area contributed by atoms with E-state index in [4.69, 9.17) is 10.2 Å². The Morgan fingerprint density at radius 3 is 1.55 bits per heavy atom. The number of aliphatic hydroxyl groups excluding tert-OH is 2. The molecule has 0 aliphatic carbocycles. The van der Waals surface area contributed by atoms with Crippen molar-refractivity contribution in [3.8, 4) is 0 Å². The van der Waals surface area contributed by atoms with Gasteiger partial charge in [0.15, 0.2) is 13.6 Å². The Balaban J connectivity index is 0. The van der Waals surface area contributed by atoms with Crippen LogP contribution in [-0.4, -0.2) is 42.5 Å². The van der Waals surface area contributed by atoms with E-state index in [2.05, 4.69) is 14.2 Å². The molecule has 0 spiro atoms. The summed E-state index contributed by atoms with van der Waals surface area (Å²) in [6, 6.07) is 0. The van der Waals surface area contributed by atoms with E-state index in [1.54, 1.807) is 20.8 Å². The predicted molar refractivity (Wildman–Crippen MR) is 71.6 cm³/mol. The van der Waals surface area contributed by atoms with Gasteiger partial charge in [-0.15, -0.1) is 0 Å². The van der Waals surface area contributed by atoms with Gasteiger partial charge in [0, 0.05) is 0 Å². The molecule has 0 atom stereocenters. The number of hydrogen-bond donors (Lipinski definition) is 2. The molecule has 0 aliphatic rings. The molecule has 0 rings (SSSR count). The number of aliphatic hydroxyl groups is 2. The highest BCUT2D eigenvalue weighted by Crippen LogP contribution is 2.14. The van der Waals surface area contributed by atoms with Crippen molar-refractivity contribution in [1.29, 1.82) is 0 Å². The smallest absolute Gasteiger partial charge is 0.438 e. The lowest BCUT2D eigenvalue weighted by Crippen LogP contribution is -2.23. The van der Waals surface area contributed by atoms with Gasteiger partial charge in [-0.3, -0.25) is 4.79 Å². The van der Waals surface area contributed by atoms with Crippen molar-refractivity contribution in [3.63, 3.8) is 0 Å². The minimum Gasteiger partial charge on any atom is -0.438 e. The third kappa shape index (κ3) is 14.7. The van der Waals surface area contributed by atoms with E-state index in [1.807, 2.05) is 20.8 Å². The van der Waals surface area contributed by atoms with Gasteiger partial charge in [0.25, 0.3) is 0 Å². The molecule has 120 valence electrons. The van der Waals surface area contributed by atoms with Crippen LogP contribution in [0.2, 0.25) is 0 Å². The van der Waals surface area contributed by atoms with Crippen LogP contribution < -0.4 is 0 Å². The summed E-state index contributed by atoms with van der Waals surface area (Å²) < 4.78 is 13.1. The molecular formula is C13H26O7. The van der Waals surface area contributed by atoms with E-state index < -0.39 is 25.2 Å². The van der Waals surface area contributed by atoms with Gasteiger partial charge < -0.3 is 24.4 Å². The summed E-state index contributed by atoms with van der Waals surface area (Å²) in [6.45, 7) is 10.1. The summed E-state index contributed by atoms with van der Waals surface area (Å²) in [6.07, 6.45) is -0.831. The molecule has 0 heterocycles. The summed E-state index contributed by atoms with van der Waals surface area (Å²) >= 11 is 0. The van der Waals surface area contributed by atoms with Crippen LogP contribution in [0.25, 0.3) is 0 Å². The first-order valence-corrected chi connectivity index (χ1v) is 6.12. The molecule has 2 N–H and O–H groups in total. The summed E-state index contributed by atoms with van der Waals surface area (Å²) in [4.78, 5) is 21.2. The van der Waals surface area contributed by atoms with Crippen LogP contribution in [0.5, 0.6) is 0 Å². The van der Waals surface area contributed by atoms with Crippen LogP contribution in [0.4, 0.5) is 4.79 Å². The summed E-state index contributed by atoms with van der Waals surface area (Å²) in [5.74, 6) is -0.384. The predicted octanol–water partition coefficient (Wildman–Crippen LogP) is 1.66. The van der Waals surface area contributed by atoms with Gasteiger partial charge in [0.1, 0.15) is 0 Å². The zero-order valence-corrected chi connectivity index (χ0v) is 13.1. The van der Waals surface area contributed by atoms with Gasteiger partial charge >= 0.3 is 12.1 Å². The maximum atomic E-state index is 10.7. The van der Waals surface area contributed by atoms with Crippen LogP contribution in [-0.2, 0) is 19.0 Å². The maximum Gasteiger partial charge on any atom is 0.510 e. The number of carbonyl (C=O) groups excluding carboxylic acids is 2. The van der Waals surface area contributed by atoms with Crippen molar-refractivity contribution < 1.29 is 34.0 Å². The number of carbonyl (C=O) groups is 2. The second kappa shape index (κ2) is 9.55. The van der Waals surface area contributed by atoms with E-state index in [1.165, 1.54) is 0 Å². The Hall–Kier alpha value is -1.34. The van der Waals surface area contributed by atoms with Crippen LogP contribution in [0, 0.1) is 10.8 Å². The van der Waals surface area contributed by atoms with Crippen LogP contribution in [0.3, 0.4) is 0 Å². The first-order chi connectivity index (χ1) is 8.94. The molecule has 0 aliphatic heterocycles. The van der Waals surface area contributed by atoms with Crippen molar-refractivity contribution in [2.75, 3.05) is 20.2 Å². The second-order valence-electron chi connectivity index (χ2n) is 6.18. The molecule has 0 bridgehead atoms. The minimum atomic E-state index is -0.831. The molecule has 0 saturated heterocycles. The normalized spacial score (nSPS) is 11.0. The van der Waals surface area contributed by atoms with E-state index in [0.29, 0.717) is 0 Å². The first-order valence-electron chi connectivity index (χ1n) is 6.12. The fourth-order valence-electron chi connectivity index (χ4n) is 0.645. The van der Waals surface area contributed by atoms with Crippen molar-refractivity contribution in [1.82, 2.24) is 0 Å². The molecule has 0 amide bonds. The molecule has 0 fully saturated rings. The van der Waals surface area contributed by atoms with Crippen molar-refractivity contribution in [2.45, 2.75) is 41.5 Å². The highest BCUT2D eigenvalue weighted by atomic mass is 16.8. The van der Waals surface area contributed by atoms with Gasteiger partial charge in [0.05, 0.1) is 12.0 Å². The molecule has 0 saturated carbocycles. The van der Waals surface area contributed by atoms with Crippen LogP contribution in [0.1, 0.15) is 41.5 Å². The van der Waals surface area contributed by atoms with E-state index in [-0.39, 0.29) is 18.0 Å². The number of rotatable bonds is 3. The Morgan fingerprint density at radius 1 is 0.850 bits per heavy atom. The Labute approximate surface area is 119 Å². The average Bonchev–Trinajstić information content (AvgIpc) is 2.26. The van der Waals surface area contributed by atoms with Gasteiger partial charge in [0.2, 0.25) is 0 Å². The molecule has 7 heteroatoms. The third-order valence-electron chi connectivity index (χ3n) is 1.61. The summed E-state index contributed by atoms with van der Waals surface area (Å²) in [5.41, 5.74) is -0.586. The first kappa shape index (κ1) is 21.0. The Bertz CT molecular complexity index is 286. The SMILES string of the molecule is CC(C)(C)C(=O)OCO.CC(C)(C)COC(=O)OCO. The van der Waals surface area contributed by atoms with E-state index in [9.17, 15) is 9.59 Å². The fraction of sp³-hybridized carbons (Fsp3) is 0.846. The highest BCUT2D eigenvalue weighted by molar-refractivity contribution is 5.75. The van der Waals surface area contributed by atoms with Crippen LogP contribution in [0.15, 0.2) is 0 Å². The number of ether oxygens (including phenoxy) is 3. The van der Waals surface area contributed by atoms with Crippen molar-refractivity contribution in [2.24, 2.45) is 10.8 Å². The topological polar surface area (TPSA) is 102 Å². The Morgan fingerprint density at radius 2 is 1.30 bits per heavy atom. The van der Waals surface area contributed by atoms with Crippen molar-refractivity contribution in [3.05, 3.63) is 0 Å². The van der Waals surface area contributed by atoms with Gasteiger partial charge in [-0.1, -0.05) is 20.8 Å². The average molecular weight is 294 g/mol. The molecule has 0 aromatic rings. The molecular weight excluding hydrogens is 268 g/mol. The highest BCUT2D eigenvalue weighted by Gasteiger charge is 2.22. The lowest BCUT2D eigenvalue weighted by molar-refractivity contribution is -0.161. The molecule has 0 aromatic carbocycles. The molecule has 20 heavy (non-hydrogen) atoms. The summed E-state index contributed by atoms with van der Waals surface area (Å²) in [7, 11) is 0. The minimum absolute atomic E-state index is 0.0749. The quantitative estimate of drug-likeness (QED) is 0.602. The largest absolute Gasteiger partial charge is 0.510 e. The van der Waals surface area contributed by atoms with Crippen molar-refractivity contribution >= 4 is 12.1 Å². The fourth-order valence-corrected chi connectivity index (χ4v) is 0.645. The van der Waals surface area contributed by atoms with Crippen LogP contribution >= 0.6 is 0 Å². The zero-order chi connectivity index (χ0) is 16.4. The third-order valence-corrected chi connectivity index (χ3v) is 1.61. The van der Waals surface area contributed by atoms with E-state index in [0.717, 1.165) is 0 Å². The number of hydrogen-bond acceptors (Lipinski definition) is 7. The van der Waals surface area contributed by atoms with Gasteiger partial charge in [-0.05, 0) is 26.2 Å². The second-order valence-corrected chi connectivity index (χ2v) is 6.18. The zero-order valence-electron chi connectivity index (χ0n) is 13.1. The molecule has 0 aromatic heterocycles. The van der Waals surface area contributed by atoms with E-state index >= 15 is 0 Å². The lowest BCUT2D eigenvalue weighted by Gasteiger charge is -2.16. The monoisotopic (exact) mass is 294 g/mol. The Kier molecular flexibility index (Phi) is 10.0. The standard InChI is InChI=1S/C7H14O4.C6H12O3/c1-7(2,3)4-10-6(9)11-5-8;1-6(2,3)5(8)9-4-7/h8H,4-5H2,1-3H3;7H,4H2,1-3H3.